The van der Waals surface area contributed by atoms with Crippen molar-refractivity contribution in [3.63, 3.8) is 0 Å². The molecule has 0 bridgehead atoms. The predicted octanol–water partition coefficient (Wildman–Crippen LogP) is 4.13. The monoisotopic (exact) mass is 514 g/mol. The summed E-state index contributed by atoms with van der Waals surface area (Å²) in [6.07, 6.45) is 2.54. The number of halogens is 1. The minimum Gasteiger partial charge on any atom is -0.478 e. The molecular weight excluding hydrogens is 484 g/mol. The highest BCUT2D eigenvalue weighted by molar-refractivity contribution is 5.95. The summed E-state index contributed by atoms with van der Waals surface area (Å²) >= 11 is 0. The third-order valence-corrected chi connectivity index (χ3v) is 5.06. The first-order valence-corrected chi connectivity index (χ1v) is 11.4. The highest BCUT2D eigenvalue weighted by atomic mass is 35.5. The van der Waals surface area contributed by atoms with E-state index < -0.39 is 5.97 Å². The number of carbonyl (C=O) groups is 2. The first kappa shape index (κ1) is 28.3. The van der Waals surface area contributed by atoms with E-state index in [1.807, 2.05) is 30.3 Å². The van der Waals surface area contributed by atoms with Crippen LogP contribution in [0, 0.1) is 0 Å². The van der Waals surface area contributed by atoms with Crippen molar-refractivity contribution in [1.82, 2.24) is 14.9 Å². The lowest BCUT2D eigenvalue weighted by Crippen LogP contribution is -2.35. The predicted molar refractivity (Wildman–Crippen MR) is 141 cm³/mol. The summed E-state index contributed by atoms with van der Waals surface area (Å²) in [5.74, 6) is -0.171. The van der Waals surface area contributed by atoms with Gasteiger partial charge in [-0.3, -0.25) is 0 Å². The Bertz CT molecular complexity index is 1100. The zero-order chi connectivity index (χ0) is 24.9. The summed E-state index contributed by atoms with van der Waals surface area (Å²) in [6, 6.07) is 17.8. The van der Waals surface area contributed by atoms with E-state index in [2.05, 4.69) is 20.6 Å². The number of nitrogens with one attached hydrogen (secondary N) is 2. The number of amides is 1. The molecule has 3 aromatic rings. The molecule has 2 aromatic carbocycles. The minimum atomic E-state index is -1.03. The van der Waals surface area contributed by atoms with Crippen LogP contribution in [-0.2, 0) is 11.3 Å². The summed E-state index contributed by atoms with van der Waals surface area (Å²) in [5, 5.41) is 15.5. The normalized spacial score (nSPS) is 10.1. The largest absolute Gasteiger partial charge is 0.478 e. The molecule has 0 aliphatic heterocycles. The Kier molecular flexibility index (Phi) is 12.0. The number of carbonyl (C=O) groups excluding carboxylic acids is 1. The maximum Gasteiger partial charge on any atom is 0.410 e. The van der Waals surface area contributed by atoms with Crippen LogP contribution >= 0.6 is 12.4 Å². The summed E-state index contributed by atoms with van der Waals surface area (Å²) in [4.78, 5) is 34.2. The van der Waals surface area contributed by atoms with Gasteiger partial charge in [0.2, 0.25) is 5.95 Å². The SMILES string of the molecule is Cl.NCCCN(CCCNc1nccc(Nc2ccccc2C(=O)O)n1)C(=O)OCc1ccccc1. The van der Waals surface area contributed by atoms with Crippen LogP contribution in [0.1, 0.15) is 28.8 Å². The van der Waals surface area contributed by atoms with Gasteiger partial charge in [-0.25, -0.2) is 14.6 Å². The molecule has 0 atom stereocenters. The van der Waals surface area contributed by atoms with Gasteiger partial charge in [-0.15, -0.1) is 12.4 Å². The van der Waals surface area contributed by atoms with Crippen molar-refractivity contribution in [2.24, 2.45) is 5.73 Å². The number of nitrogens with two attached hydrogens (primary N) is 1. The van der Waals surface area contributed by atoms with E-state index in [1.54, 1.807) is 35.4 Å². The smallest absolute Gasteiger partial charge is 0.410 e. The molecule has 0 unspecified atom stereocenters. The number of carboxylic acids is 1. The van der Waals surface area contributed by atoms with Gasteiger partial charge in [-0.05, 0) is 43.1 Å². The Morgan fingerprint density at radius 2 is 1.72 bits per heavy atom. The molecule has 1 amide bonds. The van der Waals surface area contributed by atoms with Gasteiger partial charge < -0.3 is 31.1 Å². The Morgan fingerprint density at radius 3 is 2.47 bits per heavy atom. The number of para-hydroxylation sites is 1. The van der Waals surface area contributed by atoms with E-state index in [1.165, 1.54) is 6.07 Å². The van der Waals surface area contributed by atoms with Crippen molar-refractivity contribution < 1.29 is 19.4 Å². The molecule has 10 nitrogen and oxygen atoms in total. The van der Waals surface area contributed by atoms with Crippen LogP contribution in [0.4, 0.5) is 22.2 Å². The summed E-state index contributed by atoms with van der Waals surface area (Å²) in [5.41, 5.74) is 7.14. The number of aromatic carboxylic acids is 1. The van der Waals surface area contributed by atoms with Crippen LogP contribution in [0.15, 0.2) is 66.9 Å². The number of anilines is 3. The molecular formula is C25H31ClN6O4. The fourth-order valence-corrected chi connectivity index (χ4v) is 3.29. The fraction of sp³-hybridized carbons (Fsp3) is 0.280. The molecule has 1 aromatic heterocycles. The topological polar surface area (TPSA) is 143 Å². The second-order valence-corrected chi connectivity index (χ2v) is 7.69. The molecule has 36 heavy (non-hydrogen) atoms. The molecule has 5 N–H and O–H groups in total. The van der Waals surface area contributed by atoms with Crippen LogP contribution in [0.25, 0.3) is 0 Å². The number of nitrogens with zero attached hydrogens (tertiary/aromatic N) is 3. The van der Waals surface area contributed by atoms with Gasteiger partial charge >= 0.3 is 12.1 Å². The van der Waals surface area contributed by atoms with Crippen molar-refractivity contribution in [1.29, 1.82) is 0 Å². The quantitative estimate of drug-likeness (QED) is 0.247. The molecule has 11 heteroatoms. The van der Waals surface area contributed by atoms with Crippen molar-refractivity contribution in [2.45, 2.75) is 19.4 Å². The van der Waals surface area contributed by atoms with E-state index in [4.69, 9.17) is 10.5 Å². The van der Waals surface area contributed by atoms with Gasteiger partial charge in [0.25, 0.3) is 0 Å². The van der Waals surface area contributed by atoms with Gasteiger partial charge in [0.05, 0.1) is 11.3 Å². The average Bonchev–Trinajstić information content (AvgIpc) is 2.88. The lowest BCUT2D eigenvalue weighted by molar-refractivity contribution is 0.0697. The van der Waals surface area contributed by atoms with Crippen LogP contribution in [0.2, 0.25) is 0 Å². The van der Waals surface area contributed by atoms with Crippen LogP contribution in [0.5, 0.6) is 0 Å². The lowest BCUT2D eigenvalue weighted by atomic mass is 10.2. The average molecular weight is 515 g/mol. The highest BCUT2D eigenvalue weighted by Crippen LogP contribution is 2.20. The van der Waals surface area contributed by atoms with E-state index in [9.17, 15) is 14.7 Å². The zero-order valence-corrected chi connectivity index (χ0v) is 20.6. The first-order valence-electron chi connectivity index (χ1n) is 11.4. The molecule has 1 heterocycles. The number of aromatic nitrogens is 2. The summed E-state index contributed by atoms with van der Waals surface area (Å²) < 4.78 is 5.45. The van der Waals surface area contributed by atoms with Crippen molar-refractivity contribution in [3.05, 3.63) is 78.0 Å². The molecule has 0 aliphatic rings. The fourth-order valence-electron chi connectivity index (χ4n) is 3.29. The van der Waals surface area contributed by atoms with Crippen LogP contribution in [0.3, 0.4) is 0 Å². The van der Waals surface area contributed by atoms with E-state index in [-0.39, 0.29) is 30.7 Å². The molecule has 192 valence electrons. The highest BCUT2D eigenvalue weighted by Gasteiger charge is 2.15. The molecule has 3 rings (SSSR count). The van der Waals surface area contributed by atoms with E-state index in [0.29, 0.717) is 56.5 Å². The third kappa shape index (κ3) is 9.05. The van der Waals surface area contributed by atoms with Crippen LogP contribution < -0.4 is 16.4 Å². The van der Waals surface area contributed by atoms with Crippen molar-refractivity contribution in [3.8, 4) is 0 Å². The molecule has 0 radical (unpaired) electrons. The van der Waals surface area contributed by atoms with Crippen molar-refractivity contribution >= 4 is 41.9 Å². The lowest BCUT2D eigenvalue weighted by Gasteiger charge is -2.22. The standard InChI is InChI=1S/C25H30N6O4.ClH/c26-13-6-16-31(25(34)35-18-19-8-2-1-3-9-19)17-7-14-27-24-28-15-12-22(30-24)29-21-11-5-4-10-20(21)23(32)33;/h1-5,8-12,15H,6-7,13-14,16-18,26H2,(H,32,33)(H2,27,28,29,30);1H. The van der Waals surface area contributed by atoms with Crippen LogP contribution in [-0.4, -0.2) is 58.2 Å². The molecule has 0 saturated carbocycles. The molecule has 0 fully saturated rings. The number of ether oxygens (including phenoxy) is 1. The Labute approximate surface area is 216 Å². The summed E-state index contributed by atoms with van der Waals surface area (Å²) in [6.45, 7) is 2.24. The maximum absolute atomic E-state index is 12.5. The number of benzene rings is 2. The molecule has 0 saturated heterocycles. The van der Waals surface area contributed by atoms with Crippen molar-refractivity contribution in [2.75, 3.05) is 36.8 Å². The van der Waals surface area contributed by atoms with Gasteiger partial charge in [-0.1, -0.05) is 42.5 Å². The van der Waals surface area contributed by atoms with Gasteiger partial charge in [0.15, 0.2) is 0 Å². The van der Waals surface area contributed by atoms with Gasteiger partial charge in [0.1, 0.15) is 12.4 Å². The number of carboxylic acid groups (broad SMARTS) is 1. The second kappa shape index (κ2) is 15.2. The second-order valence-electron chi connectivity index (χ2n) is 7.69. The van der Waals surface area contributed by atoms with E-state index >= 15 is 0 Å². The Morgan fingerprint density at radius 1 is 1.00 bits per heavy atom. The zero-order valence-electron chi connectivity index (χ0n) is 19.8. The Hall–Kier alpha value is -3.89. The molecule has 0 aliphatic carbocycles. The van der Waals surface area contributed by atoms with Gasteiger partial charge in [-0.2, -0.15) is 4.98 Å². The van der Waals surface area contributed by atoms with E-state index in [0.717, 1.165) is 5.56 Å². The number of hydrogen-bond donors (Lipinski definition) is 4. The first-order chi connectivity index (χ1) is 17.1. The third-order valence-electron chi connectivity index (χ3n) is 5.06. The maximum atomic E-state index is 12.5. The Balaban J connectivity index is 0.00000456. The summed E-state index contributed by atoms with van der Waals surface area (Å²) in [7, 11) is 0. The number of hydrogen-bond acceptors (Lipinski definition) is 8. The number of rotatable bonds is 13. The minimum absolute atomic E-state index is 0. The van der Waals surface area contributed by atoms with Gasteiger partial charge in [0, 0.05) is 25.8 Å². The molecule has 0 spiro atoms.